The number of hydrogen-bond donors (Lipinski definition) is 0. The Kier molecular flexibility index (Phi) is 5.48. The monoisotopic (exact) mass is 380 g/mol. The van der Waals surface area contributed by atoms with Crippen LogP contribution in [0.4, 0.5) is 22.0 Å². The van der Waals surface area contributed by atoms with Gasteiger partial charge < -0.3 is 14.2 Å². The molecule has 26 heavy (non-hydrogen) atoms. The zero-order valence-electron chi connectivity index (χ0n) is 14.3. The fraction of sp³-hybridized carbons (Fsp3) is 0.471. The molecule has 1 aliphatic rings. The number of methoxy groups -OCH3 is 1. The molecule has 144 valence electrons. The van der Waals surface area contributed by atoms with Crippen LogP contribution in [0.5, 0.6) is 5.75 Å². The normalized spacial score (nSPS) is 20.6. The van der Waals surface area contributed by atoms with Crippen LogP contribution in [-0.2, 0) is 14.3 Å². The lowest BCUT2D eigenvalue weighted by molar-refractivity contribution is -0.232. The fourth-order valence-corrected chi connectivity index (χ4v) is 2.59. The van der Waals surface area contributed by atoms with Crippen LogP contribution in [0.1, 0.15) is 25.8 Å². The summed E-state index contributed by atoms with van der Waals surface area (Å²) in [4.78, 5) is 12.1. The number of benzene rings is 1. The summed E-state index contributed by atoms with van der Waals surface area (Å²) in [6, 6.07) is 1.78. The molecule has 0 aromatic heterocycles. The van der Waals surface area contributed by atoms with Gasteiger partial charge in [-0.2, -0.15) is 17.6 Å². The first-order valence-electron chi connectivity index (χ1n) is 7.68. The van der Waals surface area contributed by atoms with Crippen molar-refractivity contribution in [3.8, 4) is 5.75 Å². The predicted octanol–water partition coefficient (Wildman–Crippen LogP) is 4.24. The molecule has 1 aromatic rings. The van der Waals surface area contributed by atoms with E-state index in [1.165, 1.54) is 6.92 Å². The molecule has 0 bridgehead atoms. The molecule has 1 aromatic carbocycles. The Balaban J connectivity index is 2.68. The zero-order valence-corrected chi connectivity index (χ0v) is 14.3. The maximum absolute atomic E-state index is 14.0. The maximum atomic E-state index is 14.0. The number of rotatable bonds is 4. The van der Waals surface area contributed by atoms with Gasteiger partial charge in [0.05, 0.1) is 13.7 Å². The Morgan fingerprint density at radius 3 is 2.50 bits per heavy atom. The van der Waals surface area contributed by atoms with Crippen molar-refractivity contribution < 1.29 is 41.0 Å². The van der Waals surface area contributed by atoms with E-state index in [4.69, 9.17) is 14.2 Å². The third-order valence-corrected chi connectivity index (χ3v) is 4.10. The van der Waals surface area contributed by atoms with Crippen molar-refractivity contribution in [2.24, 2.45) is 5.41 Å². The summed E-state index contributed by atoms with van der Waals surface area (Å²) < 4.78 is 82.5. The van der Waals surface area contributed by atoms with E-state index in [0.29, 0.717) is 0 Å². The van der Waals surface area contributed by atoms with Gasteiger partial charge in [-0.25, -0.2) is 9.18 Å². The second-order valence-corrected chi connectivity index (χ2v) is 5.99. The molecule has 0 N–H and O–H groups in total. The maximum Gasteiger partial charge on any atom is 0.397 e. The second kappa shape index (κ2) is 7.13. The van der Waals surface area contributed by atoms with E-state index in [-0.39, 0.29) is 17.7 Å². The van der Waals surface area contributed by atoms with Gasteiger partial charge in [0.15, 0.2) is 11.6 Å². The standard InChI is InChI=1S/C17H17F5O4/c1-4-25-15(23)14-10(7-16(2,8-26-14)17(20,21)22)9-5-6-11(18)12(19)13(9)24-3/h5-6H,4,7-8H2,1-3H3/t16-/m1/s1. The van der Waals surface area contributed by atoms with Gasteiger partial charge in [0, 0.05) is 11.1 Å². The Hall–Kier alpha value is -2.32. The van der Waals surface area contributed by atoms with Gasteiger partial charge in [-0.3, -0.25) is 0 Å². The lowest BCUT2D eigenvalue weighted by Crippen LogP contribution is -2.42. The molecule has 0 spiro atoms. The summed E-state index contributed by atoms with van der Waals surface area (Å²) >= 11 is 0. The van der Waals surface area contributed by atoms with E-state index in [1.807, 2.05) is 0 Å². The van der Waals surface area contributed by atoms with Crippen molar-refractivity contribution in [2.45, 2.75) is 26.4 Å². The van der Waals surface area contributed by atoms with E-state index in [9.17, 15) is 26.7 Å². The molecule has 1 heterocycles. The van der Waals surface area contributed by atoms with E-state index in [2.05, 4.69) is 0 Å². The minimum absolute atomic E-state index is 0.0373. The molecule has 2 rings (SSSR count). The number of hydrogen-bond acceptors (Lipinski definition) is 4. The number of carbonyl (C=O) groups is 1. The van der Waals surface area contributed by atoms with Gasteiger partial charge in [0.2, 0.25) is 11.6 Å². The molecule has 4 nitrogen and oxygen atoms in total. The van der Waals surface area contributed by atoms with Crippen LogP contribution in [-0.4, -0.2) is 32.5 Å². The molecule has 0 radical (unpaired) electrons. The highest BCUT2D eigenvalue weighted by molar-refractivity contribution is 5.97. The highest BCUT2D eigenvalue weighted by Gasteiger charge is 2.55. The smallest absolute Gasteiger partial charge is 0.397 e. The molecule has 0 saturated heterocycles. The van der Waals surface area contributed by atoms with Gasteiger partial charge in [0.1, 0.15) is 12.0 Å². The number of esters is 1. The van der Waals surface area contributed by atoms with Crippen molar-refractivity contribution in [3.05, 3.63) is 35.1 Å². The summed E-state index contributed by atoms with van der Waals surface area (Å²) in [6.07, 6.45) is -5.34. The first-order chi connectivity index (χ1) is 12.1. The molecular formula is C17H17F5O4. The third-order valence-electron chi connectivity index (χ3n) is 4.10. The molecule has 1 aliphatic heterocycles. The molecule has 0 unspecified atom stereocenters. The quantitative estimate of drug-likeness (QED) is 0.579. The van der Waals surface area contributed by atoms with Gasteiger partial charge in [0.25, 0.3) is 0 Å². The highest BCUT2D eigenvalue weighted by Crippen LogP contribution is 2.50. The average molecular weight is 380 g/mol. The molecule has 0 amide bonds. The van der Waals surface area contributed by atoms with Crippen molar-refractivity contribution in [3.63, 3.8) is 0 Å². The SMILES string of the molecule is CCOC(=O)C1=C(c2ccc(F)c(F)c2OC)C[C@@](C)(C(F)(F)F)CO1. The zero-order chi connectivity index (χ0) is 19.7. The summed E-state index contributed by atoms with van der Waals surface area (Å²) in [6.45, 7) is 1.59. The Labute approximate surface area is 146 Å². The van der Waals surface area contributed by atoms with Crippen LogP contribution in [0.2, 0.25) is 0 Å². The van der Waals surface area contributed by atoms with Crippen molar-refractivity contribution in [1.29, 1.82) is 0 Å². The van der Waals surface area contributed by atoms with Crippen LogP contribution in [0.25, 0.3) is 5.57 Å². The summed E-state index contributed by atoms with van der Waals surface area (Å²) in [5, 5.41) is 0. The van der Waals surface area contributed by atoms with Crippen molar-refractivity contribution in [1.82, 2.24) is 0 Å². The van der Waals surface area contributed by atoms with Gasteiger partial charge in [-0.05, 0) is 32.4 Å². The summed E-state index contributed by atoms with van der Waals surface area (Å²) in [5.74, 6) is -4.69. The first kappa shape index (κ1) is 20.0. The third kappa shape index (κ3) is 3.47. The molecule has 0 aliphatic carbocycles. The second-order valence-electron chi connectivity index (χ2n) is 5.99. The number of alkyl halides is 3. The number of carbonyl (C=O) groups excluding carboxylic acids is 1. The van der Waals surface area contributed by atoms with Crippen LogP contribution in [0.15, 0.2) is 17.9 Å². The van der Waals surface area contributed by atoms with Crippen LogP contribution >= 0.6 is 0 Å². The minimum atomic E-state index is -4.65. The van der Waals surface area contributed by atoms with E-state index >= 15 is 0 Å². The average Bonchev–Trinajstić information content (AvgIpc) is 2.56. The topological polar surface area (TPSA) is 44.8 Å². The Morgan fingerprint density at radius 1 is 1.31 bits per heavy atom. The molecule has 1 atom stereocenters. The number of halogens is 5. The van der Waals surface area contributed by atoms with Gasteiger partial charge >= 0.3 is 12.1 Å². The van der Waals surface area contributed by atoms with Crippen LogP contribution in [0.3, 0.4) is 0 Å². The van der Waals surface area contributed by atoms with E-state index in [1.54, 1.807) is 0 Å². The lowest BCUT2D eigenvalue weighted by atomic mass is 9.79. The lowest BCUT2D eigenvalue weighted by Gasteiger charge is -2.37. The first-order valence-corrected chi connectivity index (χ1v) is 7.68. The molecular weight excluding hydrogens is 363 g/mol. The molecule has 0 fully saturated rings. The highest BCUT2D eigenvalue weighted by atomic mass is 19.4. The summed E-state index contributed by atoms with van der Waals surface area (Å²) in [5.41, 5.74) is -2.79. The van der Waals surface area contributed by atoms with Gasteiger partial charge in [-0.1, -0.05) is 0 Å². The van der Waals surface area contributed by atoms with Crippen molar-refractivity contribution in [2.75, 3.05) is 20.3 Å². The summed E-state index contributed by atoms with van der Waals surface area (Å²) in [7, 11) is 1.04. The minimum Gasteiger partial charge on any atom is -0.493 e. The van der Waals surface area contributed by atoms with Crippen molar-refractivity contribution >= 4 is 11.5 Å². The van der Waals surface area contributed by atoms with E-state index < -0.39 is 53.7 Å². The fourth-order valence-electron chi connectivity index (χ4n) is 2.59. The molecule has 0 saturated carbocycles. The van der Waals surface area contributed by atoms with Crippen LogP contribution < -0.4 is 4.74 Å². The Morgan fingerprint density at radius 2 is 1.96 bits per heavy atom. The Bertz CT molecular complexity index is 741. The van der Waals surface area contributed by atoms with Crippen LogP contribution in [0, 0.1) is 17.0 Å². The largest absolute Gasteiger partial charge is 0.493 e. The predicted molar refractivity (Wildman–Crippen MR) is 81.2 cm³/mol. The van der Waals surface area contributed by atoms with Gasteiger partial charge in [-0.15, -0.1) is 0 Å². The number of ether oxygens (including phenoxy) is 3. The van der Waals surface area contributed by atoms with E-state index in [0.717, 1.165) is 26.2 Å². The molecule has 9 heteroatoms. The number of allylic oxidation sites excluding steroid dienone is 1.